The maximum Gasteiger partial charge on any atom is 0.137 e. The van der Waals surface area contributed by atoms with Crippen LogP contribution in [0.3, 0.4) is 0 Å². The van der Waals surface area contributed by atoms with Crippen LogP contribution in [0.15, 0.2) is 24.3 Å². The number of H-pyrrole nitrogens is 1. The van der Waals surface area contributed by atoms with Crippen molar-refractivity contribution in [1.82, 2.24) is 15.3 Å². The summed E-state index contributed by atoms with van der Waals surface area (Å²) in [6.07, 6.45) is 0. The van der Waals surface area contributed by atoms with Crippen LogP contribution < -0.4 is 5.32 Å². The molecule has 88 valence electrons. The van der Waals surface area contributed by atoms with Crippen LogP contribution >= 0.6 is 0 Å². The molecule has 0 bridgehead atoms. The molecular weight excluding hydrogens is 214 g/mol. The number of hydrogen-bond donors (Lipinski definition) is 3. The van der Waals surface area contributed by atoms with E-state index in [1.165, 1.54) is 0 Å². The first-order chi connectivity index (χ1) is 8.24. The summed E-state index contributed by atoms with van der Waals surface area (Å²) >= 11 is 0. The first kappa shape index (κ1) is 10.4. The van der Waals surface area contributed by atoms with Crippen molar-refractivity contribution in [3.05, 3.63) is 35.7 Å². The van der Waals surface area contributed by atoms with Gasteiger partial charge in [0, 0.05) is 30.3 Å². The van der Waals surface area contributed by atoms with Gasteiger partial charge in [-0.05, 0) is 31.2 Å². The number of aromatic hydroxyl groups is 1. The summed E-state index contributed by atoms with van der Waals surface area (Å²) in [6.45, 7) is 4.09. The largest absolute Gasteiger partial charge is 0.508 e. The number of nitrogens with zero attached hydrogens (tertiary/aromatic N) is 1. The molecule has 1 aromatic carbocycles. The molecule has 2 heterocycles. The minimum absolute atomic E-state index is 0.278. The molecule has 0 atom stereocenters. The molecular formula is C13H15N3O. The monoisotopic (exact) mass is 229 g/mol. The molecule has 4 heteroatoms. The molecule has 1 aliphatic heterocycles. The van der Waals surface area contributed by atoms with Crippen LogP contribution in [0.25, 0.3) is 11.4 Å². The fourth-order valence-electron chi connectivity index (χ4n) is 2.11. The van der Waals surface area contributed by atoms with Gasteiger partial charge in [-0.3, -0.25) is 0 Å². The predicted octanol–water partition coefficient (Wildman–Crippen LogP) is 1.78. The summed E-state index contributed by atoms with van der Waals surface area (Å²) < 4.78 is 0. The van der Waals surface area contributed by atoms with E-state index in [-0.39, 0.29) is 5.75 Å². The van der Waals surface area contributed by atoms with Gasteiger partial charge in [-0.25, -0.2) is 4.98 Å². The highest BCUT2D eigenvalue weighted by Crippen LogP contribution is 2.26. The molecule has 1 saturated heterocycles. The number of aromatic amines is 1. The van der Waals surface area contributed by atoms with Crippen molar-refractivity contribution < 1.29 is 5.11 Å². The first-order valence-electron chi connectivity index (χ1n) is 5.80. The van der Waals surface area contributed by atoms with Crippen LogP contribution in [0.2, 0.25) is 0 Å². The van der Waals surface area contributed by atoms with Gasteiger partial charge in [0.2, 0.25) is 0 Å². The van der Waals surface area contributed by atoms with Gasteiger partial charge in [0.1, 0.15) is 11.6 Å². The lowest BCUT2D eigenvalue weighted by molar-refractivity contribution is 0.439. The molecule has 2 aromatic rings. The van der Waals surface area contributed by atoms with Gasteiger partial charge in [-0.15, -0.1) is 0 Å². The highest BCUT2D eigenvalue weighted by atomic mass is 16.3. The smallest absolute Gasteiger partial charge is 0.137 e. The van der Waals surface area contributed by atoms with Crippen molar-refractivity contribution in [2.75, 3.05) is 13.1 Å². The summed E-state index contributed by atoms with van der Waals surface area (Å²) in [7, 11) is 0. The minimum atomic E-state index is 0.278. The van der Waals surface area contributed by atoms with Gasteiger partial charge in [0.15, 0.2) is 0 Å². The SMILES string of the molecule is Cc1[nH]c(-c2ccc(O)cc2)nc1C1CNC1. The maximum absolute atomic E-state index is 9.26. The van der Waals surface area contributed by atoms with E-state index >= 15 is 0 Å². The number of imidazole rings is 1. The molecule has 1 aliphatic rings. The van der Waals surface area contributed by atoms with Crippen molar-refractivity contribution in [2.45, 2.75) is 12.8 Å². The lowest BCUT2D eigenvalue weighted by Crippen LogP contribution is -2.40. The zero-order valence-electron chi connectivity index (χ0n) is 9.70. The lowest BCUT2D eigenvalue weighted by atomic mass is 9.98. The normalized spacial score (nSPS) is 15.8. The van der Waals surface area contributed by atoms with Crippen molar-refractivity contribution in [1.29, 1.82) is 0 Å². The Bertz CT molecular complexity index is 526. The number of aryl methyl sites for hydroxylation is 1. The fraction of sp³-hybridized carbons (Fsp3) is 0.308. The molecule has 1 aromatic heterocycles. The molecule has 0 radical (unpaired) electrons. The van der Waals surface area contributed by atoms with E-state index in [0.717, 1.165) is 35.9 Å². The molecule has 4 nitrogen and oxygen atoms in total. The summed E-state index contributed by atoms with van der Waals surface area (Å²) in [6, 6.07) is 7.10. The van der Waals surface area contributed by atoms with E-state index in [9.17, 15) is 5.11 Å². The summed E-state index contributed by atoms with van der Waals surface area (Å²) in [5.41, 5.74) is 3.30. The molecule has 0 spiro atoms. The number of aromatic nitrogens is 2. The van der Waals surface area contributed by atoms with E-state index in [1.54, 1.807) is 12.1 Å². The fourth-order valence-corrected chi connectivity index (χ4v) is 2.11. The zero-order chi connectivity index (χ0) is 11.8. The molecule has 17 heavy (non-hydrogen) atoms. The molecule has 0 saturated carbocycles. The Labute approximate surface area is 99.7 Å². The van der Waals surface area contributed by atoms with Crippen LogP contribution in [-0.2, 0) is 0 Å². The Balaban J connectivity index is 1.95. The Morgan fingerprint density at radius 1 is 1.24 bits per heavy atom. The first-order valence-corrected chi connectivity index (χ1v) is 5.80. The lowest BCUT2D eigenvalue weighted by Gasteiger charge is -2.25. The van der Waals surface area contributed by atoms with Crippen LogP contribution in [-0.4, -0.2) is 28.2 Å². The average molecular weight is 229 g/mol. The number of hydrogen-bond acceptors (Lipinski definition) is 3. The summed E-state index contributed by atoms with van der Waals surface area (Å²) in [5.74, 6) is 1.70. The number of benzene rings is 1. The number of phenolic OH excluding ortho intramolecular Hbond substituents is 1. The van der Waals surface area contributed by atoms with Gasteiger partial charge in [0.25, 0.3) is 0 Å². The third kappa shape index (κ3) is 1.80. The van der Waals surface area contributed by atoms with Gasteiger partial charge in [-0.1, -0.05) is 0 Å². The maximum atomic E-state index is 9.26. The predicted molar refractivity (Wildman–Crippen MR) is 66.0 cm³/mol. The van der Waals surface area contributed by atoms with Crippen LogP contribution in [0, 0.1) is 6.92 Å². The average Bonchev–Trinajstić information content (AvgIpc) is 2.60. The second kappa shape index (κ2) is 3.89. The topological polar surface area (TPSA) is 60.9 Å². The van der Waals surface area contributed by atoms with E-state index in [4.69, 9.17) is 0 Å². The second-order valence-corrected chi connectivity index (χ2v) is 4.50. The number of phenols is 1. The van der Waals surface area contributed by atoms with Crippen molar-refractivity contribution in [3.63, 3.8) is 0 Å². The highest BCUT2D eigenvalue weighted by Gasteiger charge is 2.24. The van der Waals surface area contributed by atoms with Crippen molar-refractivity contribution in [3.8, 4) is 17.1 Å². The van der Waals surface area contributed by atoms with Gasteiger partial charge < -0.3 is 15.4 Å². The molecule has 3 rings (SSSR count). The third-order valence-electron chi connectivity index (χ3n) is 3.23. The second-order valence-electron chi connectivity index (χ2n) is 4.50. The Morgan fingerprint density at radius 2 is 1.94 bits per heavy atom. The minimum Gasteiger partial charge on any atom is -0.508 e. The summed E-state index contributed by atoms with van der Waals surface area (Å²) in [4.78, 5) is 7.96. The van der Waals surface area contributed by atoms with Gasteiger partial charge >= 0.3 is 0 Å². The van der Waals surface area contributed by atoms with E-state index in [1.807, 2.05) is 12.1 Å². The Kier molecular flexibility index (Phi) is 2.37. The highest BCUT2D eigenvalue weighted by molar-refractivity contribution is 5.57. The van der Waals surface area contributed by atoms with E-state index in [2.05, 4.69) is 22.2 Å². The number of nitrogens with one attached hydrogen (secondary N) is 2. The molecule has 0 unspecified atom stereocenters. The quantitative estimate of drug-likeness (QED) is 0.735. The zero-order valence-corrected chi connectivity index (χ0v) is 9.70. The van der Waals surface area contributed by atoms with E-state index < -0.39 is 0 Å². The van der Waals surface area contributed by atoms with Crippen molar-refractivity contribution >= 4 is 0 Å². The van der Waals surface area contributed by atoms with Gasteiger partial charge in [-0.2, -0.15) is 0 Å². The molecule has 1 fully saturated rings. The Morgan fingerprint density at radius 3 is 2.53 bits per heavy atom. The molecule has 0 amide bonds. The summed E-state index contributed by atoms with van der Waals surface area (Å²) in [5, 5.41) is 12.5. The van der Waals surface area contributed by atoms with Crippen LogP contribution in [0.4, 0.5) is 0 Å². The number of rotatable bonds is 2. The van der Waals surface area contributed by atoms with Crippen LogP contribution in [0.1, 0.15) is 17.3 Å². The molecule has 3 N–H and O–H groups in total. The third-order valence-corrected chi connectivity index (χ3v) is 3.23. The van der Waals surface area contributed by atoms with E-state index in [0.29, 0.717) is 5.92 Å². The standard InChI is InChI=1S/C13H15N3O/c1-8-12(10-6-14-7-10)16-13(15-8)9-2-4-11(17)5-3-9/h2-5,10,14,17H,6-7H2,1H3,(H,15,16). The van der Waals surface area contributed by atoms with Crippen LogP contribution in [0.5, 0.6) is 5.75 Å². The molecule has 0 aliphatic carbocycles. The van der Waals surface area contributed by atoms with Gasteiger partial charge in [0.05, 0.1) is 5.69 Å². The Hall–Kier alpha value is -1.81. The van der Waals surface area contributed by atoms with Crippen molar-refractivity contribution in [2.24, 2.45) is 0 Å².